The van der Waals surface area contributed by atoms with Gasteiger partial charge in [0.1, 0.15) is 11.4 Å². The number of ether oxygens (including phenoxy) is 1. The summed E-state index contributed by atoms with van der Waals surface area (Å²) in [5.41, 5.74) is -2.03. The summed E-state index contributed by atoms with van der Waals surface area (Å²) >= 11 is 0. The second-order valence-electron chi connectivity index (χ2n) is 4.02. The topological polar surface area (TPSA) is 46.5 Å². The van der Waals surface area contributed by atoms with Gasteiger partial charge in [-0.1, -0.05) is 0 Å². The molecule has 0 amide bonds. The van der Waals surface area contributed by atoms with Crippen molar-refractivity contribution in [3.05, 3.63) is 0 Å². The molecule has 0 aliphatic heterocycles. The molecule has 1 saturated carbocycles. The average molecular weight is 222 g/mol. The highest BCUT2D eigenvalue weighted by atomic mass is 19.3. The van der Waals surface area contributed by atoms with Crippen LogP contribution in [-0.2, 0) is 9.53 Å². The summed E-state index contributed by atoms with van der Waals surface area (Å²) in [5, 5.41) is 9.79. The summed E-state index contributed by atoms with van der Waals surface area (Å²) in [5.74, 6) is -3.23. The number of carbonyl (C=O) groups excluding carboxylic acids is 1. The summed E-state index contributed by atoms with van der Waals surface area (Å²) in [6.07, 6.45) is -0.725. The average Bonchev–Trinajstić information content (AvgIpc) is 2.19. The van der Waals surface area contributed by atoms with Crippen molar-refractivity contribution in [1.29, 1.82) is 0 Å². The Bertz CT molecular complexity index is 231. The van der Waals surface area contributed by atoms with Gasteiger partial charge < -0.3 is 9.84 Å². The van der Waals surface area contributed by atoms with Crippen LogP contribution in [0.2, 0.25) is 0 Å². The maximum absolute atomic E-state index is 13.6. The van der Waals surface area contributed by atoms with E-state index < -0.39 is 17.9 Å². The number of hydrogen-bond donors (Lipinski definition) is 1. The predicted molar refractivity (Wildman–Crippen MR) is 49.9 cm³/mol. The third-order valence-electron chi connectivity index (χ3n) is 2.94. The number of halogens is 2. The van der Waals surface area contributed by atoms with Crippen molar-refractivity contribution in [3.63, 3.8) is 0 Å². The molecule has 1 fully saturated rings. The van der Waals surface area contributed by atoms with Crippen LogP contribution >= 0.6 is 0 Å². The number of methoxy groups -OCH3 is 1. The van der Waals surface area contributed by atoms with E-state index in [4.69, 9.17) is 0 Å². The second kappa shape index (κ2) is 4.53. The largest absolute Gasteiger partial charge is 0.384 e. The molecule has 0 radical (unpaired) electrons. The molecule has 1 aliphatic rings. The first-order valence-electron chi connectivity index (χ1n) is 5.02. The molecule has 15 heavy (non-hydrogen) atoms. The van der Waals surface area contributed by atoms with E-state index in [0.717, 1.165) is 0 Å². The third kappa shape index (κ3) is 2.72. The van der Waals surface area contributed by atoms with Crippen molar-refractivity contribution in [3.8, 4) is 0 Å². The molecule has 1 N–H and O–H groups in total. The van der Waals surface area contributed by atoms with Crippen LogP contribution in [0.3, 0.4) is 0 Å². The van der Waals surface area contributed by atoms with Crippen LogP contribution in [0.5, 0.6) is 0 Å². The highest BCUT2D eigenvalue weighted by Gasteiger charge is 2.53. The standard InChI is InChI=1S/C10H16F2O3/c1-15-7-6-10(11,12)9(14)4-2-8(13)3-5-9/h14H,2-7H2,1H3. The molecule has 88 valence electrons. The van der Waals surface area contributed by atoms with Crippen molar-refractivity contribution < 1.29 is 23.4 Å². The molecule has 0 aromatic carbocycles. The van der Waals surface area contributed by atoms with E-state index in [9.17, 15) is 18.7 Å². The Labute approximate surface area is 87.4 Å². The fourth-order valence-corrected chi connectivity index (χ4v) is 1.77. The molecule has 0 spiro atoms. The van der Waals surface area contributed by atoms with E-state index in [2.05, 4.69) is 4.74 Å². The zero-order valence-corrected chi connectivity index (χ0v) is 8.76. The molecule has 0 bridgehead atoms. The molecule has 1 rings (SSSR count). The number of alkyl halides is 2. The van der Waals surface area contributed by atoms with Crippen molar-refractivity contribution in [2.45, 2.75) is 43.6 Å². The minimum absolute atomic E-state index is 0.0407. The van der Waals surface area contributed by atoms with Gasteiger partial charge in [0.2, 0.25) is 0 Å². The molecule has 3 nitrogen and oxygen atoms in total. The highest BCUT2D eigenvalue weighted by molar-refractivity contribution is 5.79. The van der Waals surface area contributed by atoms with E-state index in [1.165, 1.54) is 7.11 Å². The SMILES string of the molecule is COCCC(F)(F)C1(O)CCC(=O)CC1. The highest BCUT2D eigenvalue weighted by Crippen LogP contribution is 2.41. The van der Waals surface area contributed by atoms with Crippen LogP contribution in [0.25, 0.3) is 0 Å². The number of rotatable bonds is 4. The monoisotopic (exact) mass is 222 g/mol. The maximum Gasteiger partial charge on any atom is 0.278 e. The molecule has 5 heteroatoms. The number of hydrogen-bond acceptors (Lipinski definition) is 3. The van der Waals surface area contributed by atoms with Gasteiger partial charge >= 0.3 is 0 Å². The summed E-state index contributed by atoms with van der Waals surface area (Å²) in [4.78, 5) is 10.9. The molecule has 0 unspecified atom stereocenters. The van der Waals surface area contributed by atoms with Gasteiger partial charge in [-0.05, 0) is 12.8 Å². The van der Waals surface area contributed by atoms with Crippen LogP contribution in [0.15, 0.2) is 0 Å². The number of aliphatic hydroxyl groups is 1. The molecular formula is C10H16F2O3. The van der Waals surface area contributed by atoms with Crippen molar-refractivity contribution in [2.75, 3.05) is 13.7 Å². The predicted octanol–water partition coefficient (Wildman–Crippen LogP) is 1.53. The zero-order valence-electron chi connectivity index (χ0n) is 8.76. The zero-order chi connectivity index (χ0) is 11.5. The minimum atomic E-state index is -3.18. The Morgan fingerprint density at radius 3 is 2.47 bits per heavy atom. The van der Waals surface area contributed by atoms with Gasteiger partial charge in [-0.2, -0.15) is 0 Å². The number of ketones is 1. The van der Waals surface area contributed by atoms with E-state index >= 15 is 0 Å². The van der Waals surface area contributed by atoms with Crippen molar-refractivity contribution >= 4 is 5.78 Å². The van der Waals surface area contributed by atoms with Crippen LogP contribution < -0.4 is 0 Å². The fraction of sp³-hybridized carbons (Fsp3) is 0.900. The molecular weight excluding hydrogens is 206 g/mol. The lowest BCUT2D eigenvalue weighted by Gasteiger charge is -2.38. The summed E-state index contributed by atoms with van der Waals surface area (Å²) in [6, 6.07) is 0. The molecule has 0 saturated heterocycles. The van der Waals surface area contributed by atoms with Gasteiger partial charge in [-0.15, -0.1) is 0 Å². The first-order chi connectivity index (χ1) is 6.91. The lowest BCUT2D eigenvalue weighted by atomic mass is 9.78. The van der Waals surface area contributed by atoms with Gasteiger partial charge in [-0.3, -0.25) is 4.79 Å². The number of carbonyl (C=O) groups is 1. The second-order valence-corrected chi connectivity index (χ2v) is 4.02. The lowest BCUT2D eigenvalue weighted by Crippen LogP contribution is -2.51. The maximum atomic E-state index is 13.6. The smallest absolute Gasteiger partial charge is 0.278 e. The summed E-state index contributed by atoms with van der Waals surface area (Å²) in [6.45, 7) is -0.0940. The van der Waals surface area contributed by atoms with Crippen LogP contribution in [0.4, 0.5) is 8.78 Å². The Morgan fingerprint density at radius 1 is 1.47 bits per heavy atom. The number of Topliss-reactive ketones (excluding diaryl/α,β-unsaturated/α-hetero) is 1. The van der Waals surface area contributed by atoms with Crippen molar-refractivity contribution in [2.24, 2.45) is 0 Å². The van der Waals surface area contributed by atoms with E-state index in [-0.39, 0.29) is 38.1 Å². The summed E-state index contributed by atoms with van der Waals surface area (Å²) in [7, 11) is 1.34. The van der Waals surface area contributed by atoms with Gasteiger partial charge in [0.15, 0.2) is 0 Å². The first kappa shape index (κ1) is 12.5. The molecule has 0 aromatic heterocycles. The molecule has 0 atom stereocenters. The van der Waals surface area contributed by atoms with Gasteiger partial charge in [0.05, 0.1) is 6.61 Å². The molecule has 0 aromatic rings. The van der Waals surface area contributed by atoms with Gasteiger partial charge in [0, 0.05) is 26.4 Å². The van der Waals surface area contributed by atoms with E-state index in [1.54, 1.807) is 0 Å². The Morgan fingerprint density at radius 2 is 2.00 bits per heavy atom. The molecule has 1 aliphatic carbocycles. The lowest BCUT2D eigenvalue weighted by molar-refractivity contribution is -0.202. The normalized spacial score (nSPS) is 21.7. The quantitative estimate of drug-likeness (QED) is 0.784. The summed E-state index contributed by atoms with van der Waals surface area (Å²) < 4.78 is 31.7. The van der Waals surface area contributed by atoms with Crippen molar-refractivity contribution in [1.82, 2.24) is 0 Å². The third-order valence-corrected chi connectivity index (χ3v) is 2.94. The Hall–Kier alpha value is -0.550. The van der Waals surface area contributed by atoms with Crippen LogP contribution in [-0.4, -0.2) is 36.1 Å². The first-order valence-corrected chi connectivity index (χ1v) is 5.02. The minimum Gasteiger partial charge on any atom is -0.384 e. The van der Waals surface area contributed by atoms with Gasteiger partial charge in [-0.25, -0.2) is 8.78 Å². The van der Waals surface area contributed by atoms with Gasteiger partial charge in [0.25, 0.3) is 5.92 Å². The van der Waals surface area contributed by atoms with E-state index in [0.29, 0.717) is 0 Å². The Balaban J connectivity index is 2.62. The van der Waals surface area contributed by atoms with E-state index in [1.807, 2.05) is 0 Å². The fourth-order valence-electron chi connectivity index (χ4n) is 1.77. The molecule has 0 heterocycles. The van der Waals surface area contributed by atoms with Crippen LogP contribution in [0, 0.1) is 0 Å². The van der Waals surface area contributed by atoms with Crippen LogP contribution in [0.1, 0.15) is 32.1 Å². The Kier molecular flexibility index (Phi) is 3.78.